The molecule has 10 rings (SSSR count). The molecule has 0 atom stereocenters. The van der Waals surface area contributed by atoms with Crippen molar-refractivity contribution < 1.29 is 0 Å². The molecule has 0 saturated heterocycles. The Kier molecular flexibility index (Phi) is 6.21. The summed E-state index contributed by atoms with van der Waals surface area (Å²) in [5.41, 5.74) is 16.7. The molecule has 240 valence electrons. The number of hydrogen-bond donors (Lipinski definition) is 0. The van der Waals surface area contributed by atoms with Crippen molar-refractivity contribution in [2.75, 3.05) is 4.90 Å². The van der Waals surface area contributed by atoms with Crippen LogP contribution in [0.2, 0.25) is 0 Å². The molecule has 2 heteroatoms. The maximum absolute atomic E-state index is 2.52. The Labute approximate surface area is 298 Å². The molecule has 0 N–H and O–H groups in total. The number of fused-ring (bicyclic) bond motifs is 9. The second-order valence-corrected chi connectivity index (χ2v) is 16.0. The van der Waals surface area contributed by atoms with Gasteiger partial charge in [0, 0.05) is 42.4 Å². The first-order valence-corrected chi connectivity index (χ1v) is 18.4. The molecule has 2 aliphatic rings. The van der Waals surface area contributed by atoms with Gasteiger partial charge in [0.1, 0.15) is 0 Å². The van der Waals surface area contributed by atoms with E-state index in [2.05, 4.69) is 184 Å². The molecule has 7 aromatic carbocycles. The second kappa shape index (κ2) is 10.5. The highest BCUT2D eigenvalue weighted by atomic mass is 32.1. The van der Waals surface area contributed by atoms with Crippen LogP contribution < -0.4 is 4.90 Å². The zero-order valence-electron chi connectivity index (χ0n) is 28.8. The lowest BCUT2D eigenvalue weighted by molar-refractivity contribution is 0.658. The van der Waals surface area contributed by atoms with Crippen molar-refractivity contribution in [2.45, 2.75) is 38.5 Å². The summed E-state index contributed by atoms with van der Waals surface area (Å²) in [5.74, 6) is 0. The number of anilines is 3. The minimum atomic E-state index is -0.156. The molecule has 0 radical (unpaired) electrons. The van der Waals surface area contributed by atoms with Gasteiger partial charge < -0.3 is 4.90 Å². The topological polar surface area (TPSA) is 3.24 Å². The highest BCUT2D eigenvalue weighted by molar-refractivity contribution is 7.25. The van der Waals surface area contributed by atoms with Crippen LogP contribution in [0.4, 0.5) is 17.1 Å². The van der Waals surface area contributed by atoms with Crippen LogP contribution in [0.3, 0.4) is 0 Å². The SMILES string of the molecule is CC1(C)c2ccccc2-c2ccc(N(c3cccc(-c4ccc5c(c4)sc4ccccc45)c3)c3cccc4c3C(C)(C)c3ccccc3-4)cc21. The van der Waals surface area contributed by atoms with Crippen LogP contribution in [0.25, 0.3) is 53.6 Å². The molecule has 0 bridgehead atoms. The van der Waals surface area contributed by atoms with Gasteiger partial charge in [-0.25, -0.2) is 0 Å². The van der Waals surface area contributed by atoms with Crippen LogP contribution >= 0.6 is 11.3 Å². The summed E-state index contributed by atoms with van der Waals surface area (Å²) in [6.45, 7) is 9.52. The van der Waals surface area contributed by atoms with Crippen LogP contribution in [0.5, 0.6) is 0 Å². The van der Waals surface area contributed by atoms with E-state index >= 15 is 0 Å². The molecular formula is C48H37NS. The van der Waals surface area contributed by atoms with E-state index in [1.54, 1.807) is 0 Å². The van der Waals surface area contributed by atoms with Gasteiger partial charge in [-0.15, -0.1) is 11.3 Å². The minimum absolute atomic E-state index is 0.0940. The maximum Gasteiger partial charge on any atom is 0.0508 e. The van der Waals surface area contributed by atoms with Gasteiger partial charge in [-0.3, -0.25) is 0 Å². The predicted octanol–water partition coefficient (Wildman–Crippen LogP) is 13.8. The van der Waals surface area contributed by atoms with Crippen molar-refractivity contribution in [1.82, 2.24) is 0 Å². The normalized spacial score (nSPS) is 14.7. The Hall–Kier alpha value is -5.44. The lowest BCUT2D eigenvalue weighted by Crippen LogP contribution is -2.21. The number of nitrogens with zero attached hydrogens (tertiary/aromatic N) is 1. The lowest BCUT2D eigenvalue weighted by Gasteiger charge is -2.33. The quantitative estimate of drug-likeness (QED) is 0.182. The number of hydrogen-bond acceptors (Lipinski definition) is 2. The molecule has 1 nitrogen and oxygen atoms in total. The first-order valence-electron chi connectivity index (χ1n) is 17.6. The third kappa shape index (κ3) is 4.12. The summed E-state index contributed by atoms with van der Waals surface area (Å²) < 4.78 is 2.66. The van der Waals surface area contributed by atoms with Crippen LogP contribution in [0.15, 0.2) is 152 Å². The second-order valence-electron chi connectivity index (χ2n) is 15.0. The van der Waals surface area contributed by atoms with Gasteiger partial charge in [-0.05, 0) is 98.1 Å². The van der Waals surface area contributed by atoms with E-state index in [4.69, 9.17) is 0 Å². The summed E-state index contributed by atoms with van der Waals surface area (Å²) in [5, 5.41) is 2.66. The summed E-state index contributed by atoms with van der Waals surface area (Å²) in [4.78, 5) is 2.52. The van der Waals surface area contributed by atoms with Crippen LogP contribution in [0.1, 0.15) is 49.9 Å². The fourth-order valence-corrected chi connectivity index (χ4v) is 10.1. The van der Waals surface area contributed by atoms with Gasteiger partial charge in [0.05, 0.1) is 5.69 Å². The molecule has 0 fully saturated rings. The van der Waals surface area contributed by atoms with Crippen molar-refractivity contribution in [3.8, 4) is 33.4 Å². The van der Waals surface area contributed by atoms with Crippen LogP contribution in [-0.2, 0) is 10.8 Å². The highest BCUT2D eigenvalue weighted by Gasteiger charge is 2.40. The molecule has 0 amide bonds. The Morgan fingerprint density at radius 3 is 1.88 bits per heavy atom. The van der Waals surface area contributed by atoms with Crippen LogP contribution in [0, 0.1) is 0 Å². The monoisotopic (exact) mass is 659 g/mol. The third-order valence-corrected chi connectivity index (χ3v) is 12.6. The average molecular weight is 660 g/mol. The molecular weight excluding hydrogens is 623 g/mol. The smallest absolute Gasteiger partial charge is 0.0508 e. The van der Waals surface area contributed by atoms with Gasteiger partial charge in [-0.1, -0.05) is 137 Å². The van der Waals surface area contributed by atoms with Crippen LogP contribution in [-0.4, -0.2) is 0 Å². The highest BCUT2D eigenvalue weighted by Crippen LogP contribution is 2.56. The van der Waals surface area contributed by atoms with Gasteiger partial charge in [0.2, 0.25) is 0 Å². The standard InChI is InChI=1S/C48H37NS/c1-47(2)40-19-8-5-15-34(40)36-26-24-33(29-42(36)47)49(43-21-12-18-39-35-16-6-9-20-41(35)48(3,4)46(39)43)32-14-11-13-30(27-32)31-23-25-38-37-17-7-10-22-44(37)50-45(38)28-31/h5-29H,1-4H3. The molecule has 0 unspecified atom stereocenters. The van der Waals surface area contributed by atoms with Crippen molar-refractivity contribution in [3.63, 3.8) is 0 Å². The predicted molar refractivity (Wildman–Crippen MR) is 215 cm³/mol. The van der Waals surface area contributed by atoms with Gasteiger partial charge in [0.25, 0.3) is 0 Å². The van der Waals surface area contributed by atoms with Gasteiger partial charge >= 0.3 is 0 Å². The number of rotatable bonds is 4. The minimum Gasteiger partial charge on any atom is -0.310 e. The molecule has 0 spiro atoms. The first-order chi connectivity index (χ1) is 24.3. The summed E-state index contributed by atoms with van der Waals surface area (Å²) in [6.07, 6.45) is 0. The molecule has 1 heterocycles. The van der Waals surface area contributed by atoms with Crippen molar-refractivity contribution in [1.29, 1.82) is 0 Å². The van der Waals surface area contributed by atoms with Crippen molar-refractivity contribution in [3.05, 3.63) is 174 Å². The molecule has 0 saturated carbocycles. The van der Waals surface area contributed by atoms with E-state index in [0.29, 0.717) is 0 Å². The zero-order valence-corrected chi connectivity index (χ0v) is 29.6. The van der Waals surface area contributed by atoms with Crippen molar-refractivity contribution in [2.24, 2.45) is 0 Å². The Bertz CT molecular complexity index is 2670. The summed E-state index contributed by atoms with van der Waals surface area (Å²) >= 11 is 1.88. The van der Waals surface area contributed by atoms with Gasteiger partial charge in [0.15, 0.2) is 0 Å². The molecule has 1 aromatic heterocycles. The maximum atomic E-state index is 2.52. The number of thiophene rings is 1. The molecule has 50 heavy (non-hydrogen) atoms. The first kappa shape index (κ1) is 29.5. The fraction of sp³-hybridized carbons (Fsp3) is 0.125. The summed E-state index contributed by atoms with van der Waals surface area (Å²) in [6, 6.07) is 56.8. The molecule has 8 aromatic rings. The average Bonchev–Trinajstić information content (AvgIpc) is 3.72. The fourth-order valence-electron chi connectivity index (χ4n) is 8.99. The Morgan fingerprint density at radius 1 is 0.420 bits per heavy atom. The van der Waals surface area contributed by atoms with E-state index < -0.39 is 0 Å². The zero-order chi connectivity index (χ0) is 33.8. The molecule has 0 aliphatic heterocycles. The summed E-state index contributed by atoms with van der Waals surface area (Å²) in [7, 11) is 0. The van der Waals surface area contributed by atoms with Gasteiger partial charge in [-0.2, -0.15) is 0 Å². The largest absolute Gasteiger partial charge is 0.310 e. The van der Waals surface area contributed by atoms with E-state index in [0.717, 1.165) is 5.69 Å². The Balaban J connectivity index is 1.18. The van der Waals surface area contributed by atoms with E-state index in [1.807, 2.05) is 11.3 Å². The number of benzene rings is 7. The van der Waals surface area contributed by atoms with E-state index in [-0.39, 0.29) is 10.8 Å². The Morgan fingerprint density at radius 2 is 1.04 bits per heavy atom. The third-order valence-electron chi connectivity index (χ3n) is 11.4. The lowest BCUT2D eigenvalue weighted by atomic mass is 9.81. The molecule has 2 aliphatic carbocycles. The van der Waals surface area contributed by atoms with E-state index in [1.165, 1.54) is 87.2 Å². The van der Waals surface area contributed by atoms with Crippen molar-refractivity contribution >= 4 is 48.6 Å². The van der Waals surface area contributed by atoms with E-state index in [9.17, 15) is 0 Å².